The van der Waals surface area contributed by atoms with Gasteiger partial charge in [0.05, 0.1) is 0 Å². The SMILES string of the molecule is CC(C)(C)[C]#[Mo].CC(O)(C(F)(F)F)C(F)(F)F.CC(O)(C(F)(F)F)C(F)(F)F.CC(O)(C(F)(F)F)C(F)(F)F. The summed E-state index contributed by atoms with van der Waals surface area (Å²) in [7, 11) is 0. The van der Waals surface area contributed by atoms with Crippen LogP contribution in [0.5, 0.6) is 0 Å². The first kappa shape index (κ1) is 45.1. The molecule has 0 fully saturated rings. The second kappa shape index (κ2) is 13.4. The summed E-state index contributed by atoms with van der Waals surface area (Å²) < 4.78 is 208. The van der Waals surface area contributed by atoms with E-state index in [1.54, 1.807) is 0 Å². The van der Waals surface area contributed by atoms with Crippen LogP contribution in [0.25, 0.3) is 0 Å². The Balaban J connectivity index is -0.000000214. The van der Waals surface area contributed by atoms with Gasteiger partial charge in [-0.15, -0.1) is 0 Å². The van der Waals surface area contributed by atoms with Crippen molar-refractivity contribution in [2.75, 3.05) is 0 Å². The van der Waals surface area contributed by atoms with Crippen molar-refractivity contribution in [2.24, 2.45) is 5.41 Å². The Morgan fingerprint density at radius 3 is 0.436 bits per heavy atom. The molecule has 3 N–H and O–H groups in total. The van der Waals surface area contributed by atoms with E-state index in [1.165, 1.54) is 0 Å². The molecular formula is C17H21F18MoO3. The first-order valence-electron chi connectivity index (χ1n) is 9.03. The normalized spacial score (nSPS) is 14.5. The first-order chi connectivity index (χ1) is 16.1. The van der Waals surface area contributed by atoms with Gasteiger partial charge in [0.15, 0.2) is 0 Å². The van der Waals surface area contributed by atoms with Crippen LogP contribution in [0.2, 0.25) is 0 Å². The van der Waals surface area contributed by atoms with Gasteiger partial charge in [0, 0.05) is 0 Å². The maximum atomic E-state index is 11.4. The number of hydrogen-bond acceptors (Lipinski definition) is 3. The molecule has 0 aliphatic rings. The van der Waals surface area contributed by atoms with Crippen molar-refractivity contribution >= 4 is 0 Å². The van der Waals surface area contributed by atoms with Crippen LogP contribution in [0.1, 0.15) is 41.5 Å². The van der Waals surface area contributed by atoms with Gasteiger partial charge in [0.1, 0.15) is 0 Å². The van der Waals surface area contributed by atoms with Crippen LogP contribution in [0.4, 0.5) is 79.0 Å². The average Bonchev–Trinajstić information content (AvgIpc) is 2.57. The molecule has 3 nitrogen and oxygen atoms in total. The Morgan fingerprint density at radius 1 is 0.359 bits per heavy atom. The van der Waals surface area contributed by atoms with Crippen LogP contribution in [0.15, 0.2) is 0 Å². The summed E-state index contributed by atoms with van der Waals surface area (Å²) in [6.07, 6.45) is -34.1. The quantitative estimate of drug-likeness (QED) is 0.185. The fourth-order valence-corrected chi connectivity index (χ4v) is 0.482. The third kappa shape index (κ3) is 14.5. The van der Waals surface area contributed by atoms with Crippen molar-refractivity contribution in [3.05, 3.63) is 0 Å². The van der Waals surface area contributed by atoms with E-state index in [-0.39, 0.29) is 20.8 Å². The van der Waals surface area contributed by atoms with Gasteiger partial charge in [-0.1, -0.05) is 0 Å². The van der Waals surface area contributed by atoms with E-state index in [9.17, 15) is 79.0 Å². The van der Waals surface area contributed by atoms with Gasteiger partial charge in [0.2, 0.25) is 0 Å². The fourth-order valence-electron chi connectivity index (χ4n) is 0.482. The summed E-state index contributed by atoms with van der Waals surface area (Å²) in [5.74, 6) is 0. The minimum absolute atomic E-state index is 0.296. The second-order valence-corrected chi connectivity index (χ2v) is 9.06. The Morgan fingerprint density at radius 2 is 0.436 bits per heavy atom. The smallest absolute Gasteiger partial charge is 0.374 e. The van der Waals surface area contributed by atoms with E-state index in [0.29, 0.717) is 5.41 Å². The molecule has 0 spiro atoms. The van der Waals surface area contributed by atoms with E-state index in [1.807, 2.05) is 19.2 Å². The van der Waals surface area contributed by atoms with Crippen LogP contribution in [-0.4, -0.2) is 69.2 Å². The molecule has 0 saturated heterocycles. The number of aliphatic hydroxyl groups is 3. The van der Waals surface area contributed by atoms with Crippen LogP contribution in [0, 0.1) is 9.62 Å². The second-order valence-electron chi connectivity index (χ2n) is 8.56. The summed E-state index contributed by atoms with van der Waals surface area (Å²) in [4.78, 5) is 0. The molecule has 0 heterocycles. The summed E-state index contributed by atoms with van der Waals surface area (Å²) >= 11 is 1.90. The number of alkyl halides is 18. The van der Waals surface area contributed by atoms with Crippen molar-refractivity contribution in [2.45, 2.75) is 95.4 Å². The van der Waals surface area contributed by atoms with Crippen molar-refractivity contribution in [1.82, 2.24) is 0 Å². The summed E-state index contributed by atoms with van der Waals surface area (Å²) in [5.41, 5.74) is -13.6. The Hall–Kier alpha value is -0.912. The Labute approximate surface area is 219 Å². The maximum Gasteiger partial charge on any atom is 0.425 e. The fraction of sp³-hybridized carbons (Fsp3) is 0.941. The van der Waals surface area contributed by atoms with Crippen LogP contribution in [-0.2, 0) is 19.2 Å². The van der Waals surface area contributed by atoms with Gasteiger partial charge in [-0.25, -0.2) is 0 Å². The summed E-state index contributed by atoms with van der Waals surface area (Å²) in [6.45, 7) is 5.38. The molecule has 0 unspecified atom stereocenters. The van der Waals surface area contributed by atoms with Crippen molar-refractivity contribution in [3.8, 4) is 4.20 Å². The van der Waals surface area contributed by atoms with Crippen molar-refractivity contribution < 1.29 is 114 Å². The van der Waals surface area contributed by atoms with Crippen LogP contribution < -0.4 is 0 Å². The molecule has 39 heavy (non-hydrogen) atoms. The largest absolute Gasteiger partial charge is 0.425 e. The van der Waals surface area contributed by atoms with Gasteiger partial charge in [-0.3, -0.25) is 0 Å². The third-order valence-electron chi connectivity index (χ3n) is 3.62. The van der Waals surface area contributed by atoms with Crippen molar-refractivity contribution in [3.63, 3.8) is 0 Å². The summed E-state index contributed by atoms with van der Waals surface area (Å²) in [5, 5.41) is 23.8. The Bertz CT molecular complexity index is 633. The molecule has 0 aliphatic carbocycles. The van der Waals surface area contributed by atoms with Gasteiger partial charge < -0.3 is 15.3 Å². The zero-order valence-electron chi connectivity index (χ0n) is 20.1. The van der Waals surface area contributed by atoms with Crippen LogP contribution in [0.3, 0.4) is 0 Å². The number of rotatable bonds is 0. The maximum absolute atomic E-state index is 11.4. The molecule has 0 radical (unpaired) electrons. The average molecular weight is 711 g/mol. The molecule has 0 amide bonds. The molecular weight excluding hydrogens is 690 g/mol. The van der Waals surface area contributed by atoms with Crippen LogP contribution >= 0.6 is 0 Å². The predicted octanol–water partition coefficient (Wildman–Crippen LogP) is 7.12. The first-order valence-corrected chi connectivity index (χ1v) is 10.0. The van der Waals surface area contributed by atoms with Crippen molar-refractivity contribution in [1.29, 1.82) is 0 Å². The number of halogens is 18. The molecule has 0 aromatic heterocycles. The standard InChI is InChI=1S/C5H9.3C4H4F6O.Mo/c1-5(2,3)4;3*1-2(11,3(5,6)7)4(8,9)10;/h1-3H3;3*11H,1H3;. The van der Waals surface area contributed by atoms with E-state index in [0.717, 1.165) is 0 Å². The van der Waals surface area contributed by atoms with E-state index < -0.39 is 53.9 Å². The van der Waals surface area contributed by atoms with Gasteiger partial charge >= 0.3 is 86.6 Å². The summed E-state index contributed by atoms with van der Waals surface area (Å²) in [6, 6.07) is 0. The molecule has 0 aromatic carbocycles. The topological polar surface area (TPSA) is 60.7 Å². The van der Waals surface area contributed by atoms with E-state index >= 15 is 0 Å². The minimum atomic E-state index is -5.69. The molecule has 0 aliphatic heterocycles. The van der Waals surface area contributed by atoms with Gasteiger partial charge in [-0.05, 0) is 20.8 Å². The zero-order chi connectivity index (χ0) is 33.7. The predicted molar refractivity (Wildman–Crippen MR) is 91.5 cm³/mol. The molecule has 0 bridgehead atoms. The van der Waals surface area contributed by atoms with Gasteiger partial charge in [-0.2, -0.15) is 79.0 Å². The zero-order valence-corrected chi connectivity index (χ0v) is 22.1. The third-order valence-corrected chi connectivity index (χ3v) is 5.12. The number of hydrogen-bond donors (Lipinski definition) is 3. The Kier molecular flexibility index (Phi) is 15.5. The van der Waals surface area contributed by atoms with E-state index in [4.69, 9.17) is 15.3 Å². The van der Waals surface area contributed by atoms with Gasteiger partial charge in [0.25, 0.3) is 16.8 Å². The minimum Gasteiger partial charge on any atom is -0.374 e. The molecule has 0 saturated carbocycles. The molecule has 22 heteroatoms. The molecule has 0 aromatic rings. The van der Waals surface area contributed by atoms with E-state index in [2.05, 4.69) is 25.0 Å². The monoisotopic (exact) mass is 713 g/mol. The molecule has 239 valence electrons. The molecule has 0 rings (SSSR count). The molecule has 0 atom stereocenters.